The third-order valence-corrected chi connectivity index (χ3v) is 4.91. The summed E-state index contributed by atoms with van der Waals surface area (Å²) >= 11 is 0. The average molecular weight is 393 g/mol. The van der Waals surface area contributed by atoms with Crippen LogP contribution in [0, 0.1) is 23.2 Å². The maximum absolute atomic E-state index is 12.3. The van der Waals surface area contributed by atoms with Crippen LogP contribution in [0.5, 0.6) is 11.5 Å². The lowest BCUT2D eigenvalue weighted by Crippen LogP contribution is -2.29. The third kappa shape index (κ3) is 5.05. The van der Waals surface area contributed by atoms with Crippen LogP contribution in [0.3, 0.4) is 0 Å². The summed E-state index contributed by atoms with van der Waals surface area (Å²) in [6.07, 6.45) is 1.20. The monoisotopic (exact) mass is 393 g/mol. The maximum atomic E-state index is 12.3. The molecular weight excluding hydrogens is 370 g/mol. The first kappa shape index (κ1) is 20.2. The highest BCUT2D eigenvalue weighted by Gasteiger charge is 2.47. The lowest BCUT2D eigenvalue weighted by molar-refractivity contribution is -0.125. The zero-order chi connectivity index (χ0) is 20.8. The Morgan fingerprint density at radius 2 is 1.72 bits per heavy atom. The molecule has 0 spiro atoms. The first-order valence-electron chi connectivity index (χ1n) is 9.35. The van der Waals surface area contributed by atoms with Gasteiger partial charge in [0.2, 0.25) is 11.8 Å². The molecule has 0 bridgehead atoms. The Labute approximate surface area is 169 Å². The van der Waals surface area contributed by atoms with Gasteiger partial charge in [0.1, 0.15) is 0 Å². The van der Waals surface area contributed by atoms with Gasteiger partial charge < -0.3 is 20.1 Å². The fourth-order valence-corrected chi connectivity index (χ4v) is 3.13. The minimum Gasteiger partial charge on any atom is -0.493 e. The molecule has 0 heterocycles. The number of ether oxygens (including phenoxy) is 2. The van der Waals surface area contributed by atoms with Crippen LogP contribution in [0.4, 0.5) is 5.69 Å². The highest BCUT2D eigenvalue weighted by Crippen LogP contribution is 2.39. The van der Waals surface area contributed by atoms with E-state index in [1.807, 2.05) is 24.3 Å². The molecule has 2 aromatic carbocycles. The van der Waals surface area contributed by atoms with E-state index < -0.39 is 0 Å². The Kier molecular flexibility index (Phi) is 6.35. The van der Waals surface area contributed by atoms with Gasteiger partial charge in [-0.2, -0.15) is 5.26 Å². The number of rotatable bonds is 8. The molecule has 0 aromatic heterocycles. The summed E-state index contributed by atoms with van der Waals surface area (Å²) in [5, 5.41) is 14.5. The number of carbonyl (C=O) groups is 2. The number of nitriles is 1. The number of amides is 2. The van der Waals surface area contributed by atoms with Crippen LogP contribution in [-0.2, 0) is 16.0 Å². The molecule has 7 heteroatoms. The van der Waals surface area contributed by atoms with Gasteiger partial charge in [-0.05, 0) is 54.8 Å². The number of hydrogen-bond acceptors (Lipinski definition) is 5. The molecular formula is C22H23N3O4. The van der Waals surface area contributed by atoms with Crippen LogP contribution in [0.2, 0.25) is 0 Å². The lowest BCUT2D eigenvalue weighted by Gasteiger charge is -2.10. The molecule has 1 aliphatic rings. The van der Waals surface area contributed by atoms with Crippen LogP contribution < -0.4 is 20.1 Å². The minimum atomic E-state index is -0.313. The second-order valence-corrected chi connectivity index (χ2v) is 6.86. The molecule has 2 amide bonds. The van der Waals surface area contributed by atoms with Crippen molar-refractivity contribution < 1.29 is 19.1 Å². The lowest BCUT2D eigenvalue weighted by atomic mass is 10.1. The maximum Gasteiger partial charge on any atom is 0.228 e. The fraction of sp³-hybridized carbons (Fsp3) is 0.318. The summed E-state index contributed by atoms with van der Waals surface area (Å²) in [5.41, 5.74) is 2.17. The predicted molar refractivity (Wildman–Crippen MR) is 108 cm³/mol. The Morgan fingerprint density at radius 3 is 2.38 bits per heavy atom. The van der Waals surface area contributed by atoms with E-state index in [1.165, 1.54) is 0 Å². The van der Waals surface area contributed by atoms with Crippen LogP contribution in [0.25, 0.3) is 0 Å². The van der Waals surface area contributed by atoms with E-state index >= 15 is 0 Å². The van der Waals surface area contributed by atoms with Gasteiger partial charge in [0.15, 0.2) is 11.5 Å². The molecule has 3 rings (SSSR count). The van der Waals surface area contributed by atoms with E-state index in [9.17, 15) is 9.59 Å². The topological polar surface area (TPSA) is 100 Å². The largest absolute Gasteiger partial charge is 0.493 e. The fourth-order valence-electron chi connectivity index (χ4n) is 3.13. The number of nitrogens with zero attached hydrogens (tertiary/aromatic N) is 1. The van der Waals surface area contributed by atoms with Crippen molar-refractivity contribution in [3.63, 3.8) is 0 Å². The SMILES string of the molecule is COc1ccc(CCNC(=O)C2CC2C(=O)Nc2ccc(C#N)cc2)cc1OC. The van der Waals surface area contributed by atoms with Crippen LogP contribution in [0.1, 0.15) is 17.5 Å². The average Bonchev–Trinajstić information content (AvgIpc) is 3.55. The summed E-state index contributed by atoms with van der Waals surface area (Å²) in [6, 6.07) is 14.3. The van der Waals surface area contributed by atoms with Crippen molar-refractivity contribution >= 4 is 17.5 Å². The molecule has 1 saturated carbocycles. The molecule has 0 radical (unpaired) electrons. The number of anilines is 1. The first-order chi connectivity index (χ1) is 14.0. The number of hydrogen-bond donors (Lipinski definition) is 2. The van der Waals surface area contributed by atoms with Gasteiger partial charge in [-0.15, -0.1) is 0 Å². The van der Waals surface area contributed by atoms with E-state index in [0.717, 1.165) is 5.56 Å². The molecule has 1 fully saturated rings. The quantitative estimate of drug-likeness (QED) is 0.718. The Balaban J connectivity index is 1.44. The van der Waals surface area contributed by atoms with Crippen molar-refractivity contribution in [2.24, 2.45) is 11.8 Å². The van der Waals surface area contributed by atoms with Crippen molar-refractivity contribution in [1.82, 2.24) is 5.32 Å². The number of nitrogens with one attached hydrogen (secondary N) is 2. The standard InChI is InChI=1S/C22H23N3O4/c1-28-19-8-5-14(11-20(19)29-2)9-10-24-21(26)17-12-18(17)22(27)25-16-6-3-15(13-23)4-7-16/h3-8,11,17-18H,9-10,12H2,1-2H3,(H,24,26)(H,25,27). The van der Waals surface area contributed by atoms with Gasteiger partial charge in [0, 0.05) is 12.2 Å². The van der Waals surface area contributed by atoms with Gasteiger partial charge in [-0.1, -0.05) is 6.07 Å². The summed E-state index contributed by atoms with van der Waals surface area (Å²) in [7, 11) is 3.17. The van der Waals surface area contributed by atoms with Crippen molar-refractivity contribution in [2.75, 3.05) is 26.1 Å². The van der Waals surface area contributed by atoms with E-state index in [-0.39, 0.29) is 23.7 Å². The molecule has 150 valence electrons. The normalized spacial score (nSPS) is 17.0. The van der Waals surface area contributed by atoms with E-state index in [0.29, 0.717) is 42.1 Å². The molecule has 29 heavy (non-hydrogen) atoms. The van der Waals surface area contributed by atoms with Crippen LogP contribution in [-0.4, -0.2) is 32.6 Å². The van der Waals surface area contributed by atoms with Crippen LogP contribution in [0.15, 0.2) is 42.5 Å². The summed E-state index contributed by atoms with van der Waals surface area (Å²) in [6.45, 7) is 0.481. The van der Waals surface area contributed by atoms with Crippen molar-refractivity contribution in [2.45, 2.75) is 12.8 Å². The first-order valence-corrected chi connectivity index (χ1v) is 9.35. The second-order valence-electron chi connectivity index (χ2n) is 6.86. The summed E-state index contributed by atoms with van der Waals surface area (Å²) in [4.78, 5) is 24.6. The van der Waals surface area contributed by atoms with Gasteiger partial charge in [0.25, 0.3) is 0 Å². The van der Waals surface area contributed by atoms with Gasteiger partial charge in [0.05, 0.1) is 37.7 Å². The molecule has 2 atom stereocenters. The minimum absolute atomic E-state index is 0.106. The Bertz CT molecular complexity index is 934. The highest BCUT2D eigenvalue weighted by atomic mass is 16.5. The summed E-state index contributed by atoms with van der Waals surface area (Å²) < 4.78 is 10.5. The predicted octanol–water partition coefficient (Wildman–Crippen LogP) is 2.51. The Morgan fingerprint density at radius 1 is 1.03 bits per heavy atom. The molecule has 0 aliphatic heterocycles. The molecule has 0 saturated heterocycles. The van der Waals surface area contributed by atoms with Gasteiger partial charge in [-0.25, -0.2) is 0 Å². The number of methoxy groups -OCH3 is 2. The molecule has 1 aliphatic carbocycles. The smallest absolute Gasteiger partial charge is 0.228 e. The van der Waals surface area contributed by atoms with Crippen molar-refractivity contribution in [1.29, 1.82) is 5.26 Å². The molecule has 2 unspecified atom stereocenters. The zero-order valence-electron chi connectivity index (χ0n) is 16.4. The van der Waals surface area contributed by atoms with Crippen molar-refractivity contribution in [3.05, 3.63) is 53.6 Å². The van der Waals surface area contributed by atoms with Gasteiger partial charge >= 0.3 is 0 Å². The Hall–Kier alpha value is -3.53. The van der Waals surface area contributed by atoms with E-state index in [1.54, 1.807) is 38.5 Å². The van der Waals surface area contributed by atoms with Crippen molar-refractivity contribution in [3.8, 4) is 17.6 Å². The number of carbonyl (C=O) groups excluding carboxylic acids is 2. The van der Waals surface area contributed by atoms with E-state index in [2.05, 4.69) is 10.6 Å². The molecule has 7 nitrogen and oxygen atoms in total. The van der Waals surface area contributed by atoms with Gasteiger partial charge in [-0.3, -0.25) is 9.59 Å². The molecule has 2 N–H and O–H groups in total. The van der Waals surface area contributed by atoms with Crippen LogP contribution >= 0.6 is 0 Å². The highest BCUT2D eigenvalue weighted by molar-refractivity contribution is 5.99. The molecule has 2 aromatic rings. The zero-order valence-corrected chi connectivity index (χ0v) is 16.4. The number of benzene rings is 2. The third-order valence-electron chi connectivity index (χ3n) is 4.91. The second kappa shape index (κ2) is 9.11. The summed E-state index contributed by atoms with van der Waals surface area (Å²) in [5.74, 6) is 0.429. The van der Waals surface area contributed by atoms with E-state index in [4.69, 9.17) is 14.7 Å².